The van der Waals surface area contributed by atoms with Gasteiger partial charge in [-0.05, 0) is 61.2 Å². The summed E-state index contributed by atoms with van der Waals surface area (Å²) in [6.07, 6.45) is 4.90. The number of carbonyl (C=O) groups is 1. The number of likely N-dealkylation sites (tertiary alicyclic amines) is 1. The molecule has 4 rings (SSSR count). The number of sulfone groups is 1. The summed E-state index contributed by atoms with van der Waals surface area (Å²) in [6.45, 7) is 2.20. The van der Waals surface area contributed by atoms with E-state index in [9.17, 15) is 13.2 Å². The van der Waals surface area contributed by atoms with Gasteiger partial charge in [-0.15, -0.1) is 0 Å². The first-order valence-electron chi connectivity index (χ1n) is 10.2. The van der Waals surface area contributed by atoms with Crippen LogP contribution >= 0.6 is 0 Å². The molecule has 0 bridgehead atoms. The second kappa shape index (κ2) is 7.92. The van der Waals surface area contributed by atoms with Crippen LogP contribution in [0.15, 0.2) is 53.4 Å². The number of fused-ring (bicyclic) bond motifs is 1. The summed E-state index contributed by atoms with van der Waals surface area (Å²) < 4.78 is 23.3. The van der Waals surface area contributed by atoms with Gasteiger partial charge in [0.25, 0.3) is 0 Å². The molecule has 1 fully saturated rings. The molecular weight excluding hydrogens is 384 g/mol. The van der Waals surface area contributed by atoms with E-state index in [0.717, 1.165) is 25.1 Å². The van der Waals surface area contributed by atoms with Gasteiger partial charge in [0.2, 0.25) is 5.91 Å². The van der Waals surface area contributed by atoms with Crippen molar-refractivity contribution in [1.82, 2.24) is 9.80 Å². The highest BCUT2D eigenvalue weighted by Crippen LogP contribution is 2.39. The summed E-state index contributed by atoms with van der Waals surface area (Å²) >= 11 is 0. The van der Waals surface area contributed by atoms with E-state index >= 15 is 0 Å². The standard InChI is InChI=1S/C23H28N2O3S/c1-24(22(26)15-17-9-11-19(12-10-17)29(2,27)28)23-20-8-4-3-7-18(20)16-21(23)25-13-5-6-14-25/h3-4,7-12,21,23H,5-6,13-16H2,1-2H3/t21-,23-/m0/s1. The molecule has 2 aromatic carbocycles. The zero-order valence-electron chi connectivity index (χ0n) is 17.0. The Bertz CT molecular complexity index is 995. The first kappa shape index (κ1) is 20.1. The van der Waals surface area contributed by atoms with Crippen molar-refractivity contribution >= 4 is 15.7 Å². The van der Waals surface area contributed by atoms with Crippen molar-refractivity contribution < 1.29 is 13.2 Å². The maximum Gasteiger partial charge on any atom is 0.227 e. The Morgan fingerprint density at radius 1 is 1.07 bits per heavy atom. The van der Waals surface area contributed by atoms with Crippen LogP contribution in [0.1, 0.15) is 35.6 Å². The van der Waals surface area contributed by atoms with E-state index in [-0.39, 0.29) is 23.3 Å². The van der Waals surface area contributed by atoms with Gasteiger partial charge in [-0.25, -0.2) is 8.42 Å². The molecule has 0 N–H and O–H groups in total. The summed E-state index contributed by atoms with van der Waals surface area (Å²) in [5, 5.41) is 0. The Labute approximate surface area is 173 Å². The Kier molecular flexibility index (Phi) is 5.49. The average Bonchev–Trinajstić information content (AvgIpc) is 3.34. The van der Waals surface area contributed by atoms with E-state index in [1.54, 1.807) is 24.3 Å². The second-order valence-corrected chi connectivity index (χ2v) is 10.3. The Morgan fingerprint density at radius 3 is 2.38 bits per heavy atom. The number of rotatable bonds is 5. The molecule has 5 nitrogen and oxygen atoms in total. The van der Waals surface area contributed by atoms with E-state index in [1.807, 2.05) is 11.9 Å². The Morgan fingerprint density at radius 2 is 1.72 bits per heavy atom. The molecule has 29 heavy (non-hydrogen) atoms. The smallest absolute Gasteiger partial charge is 0.227 e. The molecule has 1 aliphatic carbocycles. The zero-order valence-corrected chi connectivity index (χ0v) is 17.9. The van der Waals surface area contributed by atoms with E-state index in [0.29, 0.717) is 6.04 Å². The Hall–Kier alpha value is -2.18. The molecule has 1 amide bonds. The molecule has 0 radical (unpaired) electrons. The topological polar surface area (TPSA) is 57.7 Å². The molecule has 154 valence electrons. The van der Waals surface area contributed by atoms with Gasteiger partial charge in [0.15, 0.2) is 9.84 Å². The number of nitrogens with zero attached hydrogens (tertiary/aromatic N) is 2. The first-order chi connectivity index (χ1) is 13.8. The largest absolute Gasteiger partial charge is 0.337 e. The number of benzene rings is 2. The van der Waals surface area contributed by atoms with Gasteiger partial charge in [0, 0.05) is 19.3 Å². The van der Waals surface area contributed by atoms with E-state index < -0.39 is 9.84 Å². The monoisotopic (exact) mass is 412 g/mol. The summed E-state index contributed by atoms with van der Waals surface area (Å²) in [7, 11) is -1.32. The molecular formula is C23H28N2O3S. The summed E-state index contributed by atoms with van der Waals surface area (Å²) in [5.74, 6) is 0.0583. The van der Waals surface area contributed by atoms with Crippen molar-refractivity contribution in [3.05, 3.63) is 65.2 Å². The molecule has 2 aliphatic rings. The SMILES string of the molecule is CN(C(=O)Cc1ccc(S(C)(=O)=O)cc1)[C@H]1c2ccccc2C[C@@H]1N1CCCC1. The maximum atomic E-state index is 13.1. The quantitative estimate of drug-likeness (QED) is 0.758. The summed E-state index contributed by atoms with van der Waals surface area (Å²) in [6, 6.07) is 15.5. The minimum absolute atomic E-state index is 0.0583. The summed E-state index contributed by atoms with van der Waals surface area (Å²) in [5.41, 5.74) is 3.43. The van der Waals surface area contributed by atoms with Gasteiger partial charge in [0.05, 0.1) is 17.4 Å². The van der Waals surface area contributed by atoms with Crippen molar-refractivity contribution in [2.75, 3.05) is 26.4 Å². The lowest BCUT2D eigenvalue weighted by molar-refractivity contribution is -0.132. The highest BCUT2D eigenvalue weighted by molar-refractivity contribution is 7.90. The van der Waals surface area contributed by atoms with Crippen molar-refractivity contribution in [3.63, 3.8) is 0 Å². The van der Waals surface area contributed by atoms with Crippen molar-refractivity contribution in [3.8, 4) is 0 Å². The van der Waals surface area contributed by atoms with Gasteiger partial charge in [-0.2, -0.15) is 0 Å². The third-order valence-electron chi connectivity index (χ3n) is 6.29. The van der Waals surface area contributed by atoms with Crippen LogP contribution in [0, 0.1) is 0 Å². The number of likely N-dealkylation sites (N-methyl/N-ethyl adjacent to an activating group) is 1. The van der Waals surface area contributed by atoms with Crippen LogP contribution in [0.2, 0.25) is 0 Å². The van der Waals surface area contributed by atoms with Gasteiger partial charge >= 0.3 is 0 Å². The van der Waals surface area contributed by atoms with E-state index in [1.165, 1.54) is 30.2 Å². The van der Waals surface area contributed by atoms with Crippen LogP contribution in [-0.4, -0.2) is 56.6 Å². The molecule has 1 heterocycles. The van der Waals surface area contributed by atoms with Gasteiger partial charge in [-0.3, -0.25) is 9.69 Å². The first-order valence-corrected chi connectivity index (χ1v) is 12.1. The predicted molar refractivity (Wildman–Crippen MR) is 114 cm³/mol. The second-order valence-electron chi connectivity index (χ2n) is 8.26. The molecule has 0 aromatic heterocycles. The third kappa shape index (κ3) is 4.09. The number of amides is 1. The molecule has 0 spiro atoms. The van der Waals surface area contributed by atoms with Gasteiger partial charge < -0.3 is 4.90 Å². The summed E-state index contributed by atoms with van der Waals surface area (Å²) in [4.78, 5) is 17.9. The molecule has 0 saturated carbocycles. The lowest BCUT2D eigenvalue weighted by Gasteiger charge is -2.35. The van der Waals surface area contributed by atoms with Gasteiger partial charge in [0.1, 0.15) is 0 Å². The minimum Gasteiger partial charge on any atom is -0.337 e. The highest BCUT2D eigenvalue weighted by atomic mass is 32.2. The lowest BCUT2D eigenvalue weighted by Crippen LogP contribution is -2.44. The number of hydrogen-bond donors (Lipinski definition) is 0. The lowest BCUT2D eigenvalue weighted by atomic mass is 10.0. The van der Waals surface area contributed by atoms with Crippen molar-refractivity contribution in [1.29, 1.82) is 0 Å². The maximum absolute atomic E-state index is 13.1. The van der Waals surface area contributed by atoms with Crippen LogP contribution in [0.4, 0.5) is 0 Å². The van der Waals surface area contributed by atoms with Crippen LogP contribution in [0.25, 0.3) is 0 Å². The van der Waals surface area contributed by atoms with Crippen molar-refractivity contribution in [2.45, 2.75) is 42.7 Å². The number of hydrogen-bond acceptors (Lipinski definition) is 4. The molecule has 1 saturated heterocycles. The third-order valence-corrected chi connectivity index (χ3v) is 7.42. The normalized spacial score (nSPS) is 21.9. The Balaban J connectivity index is 1.54. The fraction of sp³-hybridized carbons (Fsp3) is 0.435. The van der Waals surface area contributed by atoms with E-state index in [4.69, 9.17) is 0 Å². The fourth-order valence-electron chi connectivity index (χ4n) is 4.73. The highest BCUT2D eigenvalue weighted by Gasteiger charge is 2.40. The predicted octanol–water partition coefficient (Wildman–Crippen LogP) is 2.85. The zero-order chi connectivity index (χ0) is 20.6. The van der Waals surface area contributed by atoms with Gasteiger partial charge in [-0.1, -0.05) is 36.4 Å². The molecule has 0 unspecified atom stereocenters. The average molecular weight is 413 g/mol. The number of carbonyl (C=O) groups excluding carboxylic acids is 1. The minimum atomic E-state index is -3.23. The van der Waals surface area contributed by atoms with Crippen LogP contribution in [-0.2, 0) is 27.5 Å². The van der Waals surface area contributed by atoms with E-state index in [2.05, 4.69) is 29.2 Å². The van der Waals surface area contributed by atoms with Crippen LogP contribution in [0.5, 0.6) is 0 Å². The van der Waals surface area contributed by atoms with Crippen LogP contribution in [0.3, 0.4) is 0 Å². The molecule has 1 aliphatic heterocycles. The van der Waals surface area contributed by atoms with Crippen molar-refractivity contribution in [2.24, 2.45) is 0 Å². The van der Waals surface area contributed by atoms with Crippen LogP contribution < -0.4 is 0 Å². The molecule has 2 atom stereocenters. The molecule has 2 aromatic rings. The fourth-order valence-corrected chi connectivity index (χ4v) is 5.36. The molecule has 6 heteroatoms.